The maximum Gasteiger partial charge on any atom is 0.199 e. The van der Waals surface area contributed by atoms with Crippen molar-refractivity contribution < 1.29 is 9.47 Å². The van der Waals surface area contributed by atoms with Crippen molar-refractivity contribution in [2.75, 3.05) is 0 Å². The van der Waals surface area contributed by atoms with E-state index in [0.29, 0.717) is 6.10 Å². The van der Waals surface area contributed by atoms with Gasteiger partial charge in [-0.15, -0.1) is 0 Å². The molecule has 0 saturated heterocycles. The molecule has 0 N–H and O–H groups in total. The molecule has 2 nitrogen and oxygen atoms in total. The van der Waals surface area contributed by atoms with Crippen LogP contribution in [0.25, 0.3) is 6.08 Å². The Morgan fingerprint density at radius 3 is 2.47 bits per heavy atom. The molecule has 1 aromatic carbocycles. The Labute approximate surface area is 116 Å². The van der Waals surface area contributed by atoms with E-state index in [2.05, 4.69) is 13.5 Å². The lowest BCUT2D eigenvalue weighted by atomic mass is 9.98. The normalized spacial score (nSPS) is 17.9. The predicted octanol–water partition coefficient (Wildman–Crippen LogP) is 4.79. The van der Waals surface area contributed by atoms with Gasteiger partial charge in [0, 0.05) is 6.42 Å². The molecule has 19 heavy (non-hydrogen) atoms. The number of hydrogen-bond acceptors (Lipinski definition) is 2. The number of benzene rings is 1. The molecule has 1 unspecified atom stereocenters. The standard InChI is InChI=1S/C17H24O2/c1-3-14-10-12-16(13-11-14)19-17(4-2)18-15-8-6-5-7-9-15/h3,10-13,15,17H,1,4-9H2,2H3. The van der Waals surface area contributed by atoms with Crippen molar-refractivity contribution in [3.05, 3.63) is 36.4 Å². The molecule has 1 aliphatic carbocycles. The van der Waals surface area contributed by atoms with E-state index in [1.165, 1.54) is 32.1 Å². The average Bonchev–Trinajstić information content (AvgIpc) is 2.48. The van der Waals surface area contributed by atoms with E-state index >= 15 is 0 Å². The van der Waals surface area contributed by atoms with E-state index < -0.39 is 0 Å². The third-order valence-electron chi connectivity index (χ3n) is 3.61. The number of hydrogen-bond donors (Lipinski definition) is 0. The van der Waals surface area contributed by atoms with Crippen LogP contribution in [0.15, 0.2) is 30.8 Å². The molecule has 2 rings (SSSR count). The molecular weight excluding hydrogens is 236 g/mol. The SMILES string of the molecule is C=Cc1ccc(OC(CC)OC2CCCCC2)cc1. The highest BCUT2D eigenvalue weighted by molar-refractivity contribution is 5.48. The topological polar surface area (TPSA) is 18.5 Å². The molecule has 2 heteroatoms. The summed E-state index contributed by atoms with van der Waals surface area (Å²) >= 11 is 0. The molecule has 1 aliphatic rings. The lowest BCUT2D eigenvalue weighted by molar-refractivity contribution is -0.129. The van der Waals surface area contributed by atoms with Crippen LogP contribution >= 0.6 is 0 Å². The van der Waals surface area contributed by atoms with Crippen molar-refractivity contribution in [3.8, 4) is 5.75 Å². The quantitative estimate of drug-likeness (QED) is 0.684. The second-order valence-corrected chi connectivity index (χ2v) is 5.12. The first-order valence-corrected chi connectivity index (χ1v) is 7.36. The highest BCUT2D eigenvalue weighted by Gasteiger charge is 2.19. The minimum atomic E-state index is -0.127. The minimum absolute atomic E-state index is 0.127. The predicted molar refractivity (Wildman–Crippen MR) is 79.2 cm³/mol. The second-order valence-electron chi connectivity index (χ2n) is 5.12. The van der Waals surface area contributed by atoms with Gasteiger partial charge >= 0.3 is 0 Å². The van der Waals surface area contributed by atoms with Crippen molar-refractivity contribution in [2.45, 2.75) is 57.8 Å². The van der Waals surface area contributed by atoms with Crippen LogP contribution in [-0.2, 0) is 4.74 Å². The summed E-state index contributed by atoms with van der Waals surface area (Å²) in [5.74, 6) is 0.869. The molecule has 0 spiro atoms. The maximum atomic E-state index is 6.06. The van der Waals surface area contributed by atoms with Gasteiger partial charge in [0.2, 0.25) is 0 Å². The molecule has 1 aromatic rings. The third-order valence-corrected chi connectivity index (χ3v) is 3.61. The summed E-state index contributed by atoms with van der Waals surface area (Å²) in [6, 6.07) is 7.97. The Hall–Kier alpha value is -1.28. The van der Waals surface area contributed by atoms with E-state index in [1.807, 2.05) is 30.3 Å². The van der Waals surface area contributed by atoms with Crippen LogP contribution in [0.5, 0.6) is 5.75 Å². The van der Waals surface area contributed by atoms with Gasteiger partial charge in [-0.1, -0.05) is 51.0 Å². The van der Waals surface area contributed by atoms with Gasteiger partial charge in [-0.3, -0.25) is 0 Å². The fraction of sp³-hybridized carbons (Fsp3) is 0.529. The highest BCUT2D eigenvalue weighted by Crippen LogP contribution is 2.23. The zero-order chi connectivity index (χ0) is 13.5. The fourth-order valence-corrected chi connectivity index (χ4v) is 2.46. The summed E-state index contributed by atoms with van der Waals surface area (Å²) in [7, 11) is 0. The first kappa shape index (κ1) is 14.1. The van der Waals surface area contributed by atoms with E-state index in [-0.39, 0.29) is 6.29 Å². The Kier molecular flexibility index (Phi) is 5.46. The van der Waals surface area contributed by atoms with Crippen LogP contribution in [0, 0.1) is 0 Å². The smallest absolute Gasteiger partial charge is 0.199 e. The van der Waals surface area contributed by atoms with E-state index in [4.69, 9.17) is 9.47 Å². The lowest BCUT2D eigenvalue weighted by Crippen LogP contribution is -2.28. The Morgan fingerprint density at radius 1 is 1.21 bits per heavy atom. The molecule has 0 bridgehead atoms. The molecule has 1 fully saturated rings. The van der Waals surface area contributed by atoms with Crippen LogP contribution in [0.3, 0.4) is 0 Å². The van der Waals surface area contributed by atoms with Crippen molar-refractivity contribution in [1.29, 1.82) is 0 Å². The van der Waals surface area contributed by atoms with Crippen LogP contribution in [-0.4, -0.2) is 12.4 Å². The van der Waals surface area contributed by atoms with E-state index in [9.17, 15) is 0 Å². The van der Waals surface area contributed by atoms with E-state index in [0.717, 1.165) is 17.7 Å². The second kappa shape index (κ2) is 7.34. The zero-order valence-corrected chi connectivity index (χ0v) is 11.8. The van der Waals surface area contributed by atoms with Crippen molar-refractivity contribution in [3.63, 3.8) is 0 Å². The van der Waals surface area contributed by atoms with Crippen molar-refractivity contribution in [1.82, 2.24) is 0 Å². The van der Waals surface area contributed by atoms with Crippen LogP contribution in [0.1, 0.15) is 51.0 Å². The molecular formula is C17H24O2. The molecule has 0 aliphatic heterocycles. The average molecular weight is 260 g/mol. The van der Waals surface area contributed by atoms with Crippen LogP contribution in [0.2, 0.25) is 0 Å². The van der Waals surface area contributed by atoms with Crippen molar-refractivity contribution >= 4 is 6.08 Å². The molecule has 104 valence electrons. The summed E-state index contributed by atoms with van der Waals surface area (Å²) in [6.45, 7) is 5.85. The van der Waals surface area contributed by atoms with Crippen molar-refractivity contribution in [2.24, 2.45) is 0 Å². The molecule has 1 saturated carbocycles. The van der Waals surface area contributed by atoms with Gasteiger partial charge < -0.3 is 9.47 Å². The summed E-state index contributed by atoms with van der Waals surface area (Å²) < 4.78 is 12.0. The summed E-state index contributed by atoms with van der Waals surface area (Å²) in [6.07, 6.45) is 9.23. The molecule has 1 atom stereocenters. The maximum absolute atomic E-state index is 6.06. The van der Waals surface area contributed by atoms with Gasteiger partial charge in [-0.25, -0.2) is 0 Å². The Bertz CT molecular complexity index is 377. The summed E-state index contributed by atoms with van der Waals surface area (Å²) in [5.41, 5.74) is 1.11. The summed E-state index contributed by atoms with van der Waals surface area (Å²) in [5, 5.41) is 0. The first-order chi connectivity index (χ1) is 9.31. The van der Waals surface area contributed by atoms with Crippen LogP contribution in [0.4, 0.5) is 0 Å². The summed E-state index contributed by atoms with van der Waals surface area (Å²) in [4.78, 5) is 0. The van der Waals surface area contributed by atoms with Gasteiger partial charge in [-0.2, -0.15) is 0 Å². The monoisotopic (exact) mass is 260 g/mol. The minimum Gasteiger partial charge on any atom is -0.465 e. The largest absolute Gasteiger partial charge is 0.465 e. The van der Waals surface area contributed by atoms with Gasteiger partial charge in [0.25, 0.3) is 0 Å². The van der Waals surface area contributed by atoms with Gasteiger partial charge in [-0.05, 0) is 30.5 Å². The Morgan fingerprint density at radius 2 is 1.89 bits per heavy atom. The fourth-order valence-electron chi connectivity index (χ4n) is 2.46. The van der Waals surface area contributed by atoms with Gasteiger partial charge in [0.05, 0.1) is 6.10 Å². The number of rotatable bonds is 6. The number of ether oxygens (including phenoxy) is 2. The third kappa shape index (κ3) is 4.39. The van der Waals surface area contributed by atoms with Crippen LogP contribution < -0.4 is 4.74 Å². The van der Waals surface area contributed by atoms with E-state index in [1.54, 1.807) is 0 Å². The first-order valence-electron chi connectivity index (χ1n) is 7.36. The van der Waals surface area contributed by atoms with Gasteiger partial charge in [0.15, 0.2) is 6.29 Å². The highest BCUT2D eigenvalue weighted by atomic mass is 16.7. The molecule has 0 radical (unpaired) electrons. The lowest BCUT2D eigenvalue weighted by Gasteiger charge is -2.27. The molecule has 0 amide bonds. The molecule has 0 aromatic heterocycles. The van der Waals surface area contributed by atoms with Gasteiger partial charge in [0.1, 0.15) is 5.75 Å². The molecule has 0 heterocycles. The Balaban J connectivity index is 1.88. The zero-order valence-electron chi connectivity index (χ0n) is 11.8.